The number of anilines is 2. The number of fused-ring (bicyclic) bond motifs is 2. The van der Waals surface area contributed by atoms with Gasteiger partial charge in [0.15, 0.2) is 0 Å². The van der Waals surface area contributed by atoms with Crippen LogP contribution in [0, 0.1) is 13.8 Å². The van der Waals surface area contributed by atoms with Crippen LogP contribution in [0.1, 0.15) is 59.5 Å². The first-order valence-electron chi connectivity index (χ1n) is 16.0. The lowest BCUT2D eigenvalue weighted by atomic mass is 10.0. The number of aryl methyl sites for hydroxylation is 2. The minimum Gasteiger partial charge on any atom is -0.478 e. The van der Waals surface area contributed by atoms with Crippen molar-refractivity contribution in [1.82, 2.24) is 28.5 Å². The minimum atomic E-state index is -3.71. The van der Waals surface area contributed by atoms with Crippen LogP contribution in [0.2, 0.25) is 0 Å². The Morgan fingerprint density at radius 2 is 1.07 bits per heavy atom. The molecule has 18 nitrogen and oxygen atoms in total. The first-order chi connectivity index (χ1) is 24.1. The molecule has 4 aromatic rings. The molecule has 2 aromatic carbocycles. The lowest BCUT2D eigenvalue weighted by Crippen LogP contribution is -2.39. The number of nitrogens with zero attached hydrogens (tertiary/aromatic N) is 8. The van der Waals surface area contributed by atoms with Crippen LogP contribution in [-0.2, 0) is 25.2 Å². The van der Waals surface area contributed by atoms with Crippen LogP contribution in [0.3, 0.4) is 0 Å². The van der Waals surface area contributed by atoms with Gasteiger partial charge >= 0.3 is 11.9 Å². The van der Waals surface area contributed by atoms with Gasteiger partial charge in [-0.1, -0.05) is 14.9 Å². The largest absolute Gasteiger partial charge is 0.478 e. The average Bonchev–Trinajstić information content (AvgIpc) is 3.49. The normalized spacial score (nSPS) is 15.7. The number of ether oxygens (including phenoxy) is 1. The number of carboxylic acid groups (broad SMARTS) is 1. The number of carbonyl (C=O) groups is 2. The first kappa shape index (κ1) is 45.8. The molecule has 0 amide bonds. The van der Waals surface area contributed by atoms with Crippen LogP contribution in [-0.4, -0.2) is 122 Å². The maximum Gasteiger partial charge on any atom is 0.338 e. The molecule has 2 aliphatic heterocycles. The van der Waals surface area contributed by atoms with Crippen molar-refractivity contribution in [3.8, 4) is 0 Å². The van der Waals surface area contributed by atoms with Gasteiger partial charge in [-0.25, -0.2) is 39.8 Å². The van der Waals surface area contributed by atoms with E-state index < -0.39 is 32.4 Å². The Morgan fingerprint density at radius 1 is 0.667 bits per heavy atom. The SMILES string of the molecule is C.C.COC(=O)c1cc2ncnc(N3CCCN(S(N)(=O)=O)CC3)c2cc1C.Cc1cc2c(N3CCCN(S(N)(=O)=O)CC3)ncnc2cc1C(=O)O.Cl. The van der Waals surface area contributed by atoms with E-state index in [-0.39, 0.29) is 39.4 Å². The molecule has 2 aromatic heterocycles. The van der Waals surface area contributed by atoms with Crippen LogP contribution >= 0.6 is 12.4 Å². The fourth-order valence-electron chi connectivity index (χ4n) is 6.18. The smallest absolute Gasteiger partial charge is 0.338 e. The van der Waals surface area contributed by atoms with E-state index in [0.717, 1.165) is 16.3 Å². The third kappa shape index (κ3) is 10.5. The van der Waals surface area contributed by atoms with E-state index in [4.69, 9.17) is 15.0 Å². The van der Waals surface area contributed by atoms with E-state index in [2.05, 4.69) is 19.9 Å². The van der Waals surface area contributed by atoms with Crippen LogP contribution in [0.4, 0.5) is 11.6 Å². The van der Waals surface area contributed by atoms with Gasteiger partial charge in [-0.3, -0.25) is 0 Å². The summed E-state index contributed by atoms with van der Waals surface area (Å²) in [6.07, 6.45) is 4.09. The summed E-state index contributed by atoms with van der Waals surface area (Å²) in [6, 6.07) is 6.85. The van der Waals surface area contributed by atoms with E-state index in [9.17, 15) is 31.5 Å². The number of hydrogen-bond donors (Lipinski definition) is 3. The average molecular weight is 813 g/mol. The molecule has 0 saturated carbocycles. The maximum atomic E-state index is 11.9. The van der Waals surface area contributed by atoms with Crippen molar-refractivity contribution in [2.45, 2.75) is 41.5 Å². The second-order valence-electron chi connectivity index (χ2n) is 12.1. The zero-order valence-electron chi connectivity index (χ0n) is 28.8. The Hall–Kier alpha value is -4.31. The van der Waals surface area contributed by atoms with Crippen molar-refractivity contribution < 1.29 is 36.3 Å². The fraction of sp³-hybridized carbons (Fsp3) is 0.455. The van der Waals surface area contributed by atoms with Crippen LogP contribution < -0.4 is 20.1 Å². The molecule has 0 atom stereocenters. The number of benzene rings is 2. The number of carboxylic acids is 1. The Morgan fingerprint density at radius 3 is 1.46 bits per heavy atom. The van der Waals surface area contributed by atoms with Crippen LogP contribution in [0.25, 0.3) is 21.8 Å². The van der Waals surface area contributed by atoms with E-state index in [1.165, 1.54) is 34.4 Å². The molecular formula is C33H49ClN10O8S2. The molecule has 0 spiro atoms. The van der Waals surface area contributed by atoms with Crippen LogP contribution in [0.5, 0.6) is 0 Å². The highest BCUT2D eigenvalue weighted by Gasteiger charge is 2.25. The Balaban J connectivity index is 0.000000354. The summed E-state index contributed by atoms with van der Waals surface area (Å²) in [5, 5.41) is 21.3. The molecule has 4 heterocycles. The van der Waals surface area contributed by atoms with Gasteiger partial charge in [0.1, 0.15) is 24.3 Å². The van der Waals surface area contributed by atoms with Crippen molar-refractivity contribution in [1.29, 1.82) is 0 Å². The lowest BCUT2D eigenvalue weighted by molar-refractivity contribution is 0.0599. The number of carbonyl (C=O) groups excluding carboxylic acids is 1. The van der Waals surface area contributed by atoms with Gasteiger partial charge in [0.2, 0.25) is 0 Å². The standard InChI is InChI=1S/C16H21N5O4S.C15H19N5O4S.2CH4.ClH/c1-11-8-13-14(9-12(11)16(22)25-2)18-10-19-15(13)20-4-3-5-21(7-6-20)26(17,23)24;1-10-7-12-13(8-11(10)15(21)22)17-9-18-14(12)19-3-2-4-20(6-5-19)25(16,23)24;;;/h8-10H,3-7H2,1-2H3,(H2,17,23,24);7-9H,2-6H2,1H3,(H,21,22)(H2,16,23,24);2*1H4;1H. The molecule has 0 bridgehead atoms. The van der Waals surface area contributed by atoms with Crippen molar-refractivity contribution in [2.75, 3.05) is 69.3 Å². The number of esters is 1. The zero-order valence-corrected chi connectivity index (χ0v) is 31.2. The van der Waals surface area contributed by atoms with Crippen LogP contribution in [0.15, 0.2) is 36.9 Å². The quantitative estimate of drug-likeness (QED) is 0.237. The lowest BCUT2D eigenvalue weighted by Gasteiger charge is -2.23. The van der Waals surface area contributed by atoms with Crippen molar-refractivity contribution >= 4 is 78.2 Å². The summed E-state index contributed by atoms with van der Waals surface area (Å²) in [4.78, 5) is 44.4. The molecule has 21 heteroatoms. The molecule has 0 unspecified atom stereocenters. The van der Waals surface area contributed by atoms with E-state index in [0.29, 0.717) is 92.5 Å². The third-order valence-corrected chi connectivity index (χ3v) is 11.0. The Kier molecular flexibility index (Phi) is 16.0. The van der Waals surface area contributed by atoms with Gasteiger partial charge in [0.05, 0.1) is 29.3 Å². The molecular weight excluding hydrogens is 764 g/mol. The van der Waals surface area contributed by atoms with E-state index >= 15 is 0 Å². The topological polar surface area (TPSA) is 248 Å². The third-order valence-electron chi connectivity index (χ3n) is 8.79. The molecule has 0 radical (unpaired) electrons. The highest BCUT2D eigenvalue weighted by atomic mass is 35.5. The number of methoxy groups -OCH3 is 1. The van der Waals surface area contributed by atoms with E-state index in [1.807, 2.05) is 22.8 Å². The summed E-state index contributed by atoms with van der Waals surface area (Å²) < 4.78 is 53.6. The summed E-state index contributed by atoms with van der Waals surface area (Å²) >= 11 is 0. The van der Waals surface area contributed by atoms with Gasteiger partial charge in [-0.15, -0.1) is 12.4 Å². The van der Waals surface area contributed by atoms with Crippen molar-refractivity contribution in [3.63, 3.8) is 0 Å². The number of rotatable bonds is 6. The minimum absolute atomic E-state index is 0. The predicted molar refractivity (Wildman–Crippen MR) is 211 cm³/mol. The zero-order chi connectivity index (χ0) is 37.1. The molecule has 2 saturated heterocycles. The summed E-state index contributed by atoms with van der Waals surface area (Å²) in [5.74, 6) is -0.0339. The Bertz CT molecular complexity index is 2200. The molecule has 0 aliphatic carbocycles. The van der Waals surface area contributed by atoms with Gasteiger partial charge < -0.3 is 19.6 Å². The number of nitrogens with two attached hydrogens (primary N) is 2. The van der Waals surface area contributed by atoms with Crippen molar-refractivity contribution in [3.05, 3.63) is 59.2 Å². The second kappa shape index (κ2) is 18.8. The highest BCUT2D eigenvalue weighted by molar-refractivity contribution is 7.87. The molecule has 2 fully saturated rings. The predicted octanol–water partition coefficient (Wildman–Crippen LogP) is 2.49. The molecule has 298 valence electrons. The van der Waals surface area contributed by atoms with Crippen molar-refractivity contribution in [2.24, 2.45) is 10.3 Å². The number of halogens is 1. The summed E-state index contributed by atoms with van der Waals surface area (Å²) in [7, 11) is -6.07. The van der Waals surface area contributed by atoms with E-state index in [1.54, 1.807) is 19.1 Å². The second-order valence-corrected chi connectivity index (χ2v) is 15.2. The highest BCUT2D eigenvalue weighted by Crippen LogP contribution is 2.29. The summed E-state index contributed by atoms with van der Waals surface area (Å²) in [6.45, 7) is 7.05. The number of aromatic carboxylic acids is 1. The molecule has 2 aliphatic rings. The van der Waals surface area contributed by atoms with Gasteiger partial charge in [0, 0.05) is 63.1 Å². The van der Waals surface area contributed by atoms with Gasteiger partial charge in [-0.2, -0.15) is 25.4 Å². The number of hydrogen-bond acceptors (Lipinski definition) is 13. The molecule has 6 rings (SSSR count). The number of aromatic nitrogens is 4. The Labute approximate surface area is 322 Å². The fourth-order valence-corrected chi connectivity index (χ4v) is 7.62. The van der Waals surface area contributed by atoms with Gasteiger partial charge in [0.25, 0.3) is 20.4 Å². The van der Waals surface area contributed by atoms with Gasteiger partial charge in [-0.05, 0) is 62.1 Å². The monoisotopic (exact) mass is 812 g/mol. The molecule has 54 heavy (non-hydrogen) atoms. The maximum absolute atomic E-state index is 11.9. The summed E-state index contributed by atoms with van der Waals surface area (Å²) in [5.41, 5.74) is 3.22. The first-order valence-corrected chi connectivity index (χ1v) is 19.0. The molecule has 5 N–H and O–H groups in total.